The lowest BCUT2D eigenvalue weighted by Crippen LogP contribution is -2.33. The average molecular weight is 347 g/mol. The zero-order valence-electron chi connectivity index (χ0n) is 9.63. The van der Waals surface area contributed by atoms with E-state index in [-0.39, 0.29) is 0 Å². The molecule has 1 aromatic rings. The molecule has 2 aliphatic carbocycles. The molecule has 16 heavy (non-hydrogen) atoms. The first kappa shape index (κ1) is 11.5. The Morgan fingerprint density at radius 3 is 3.00 bits per heavy atom. The second kappa shape index (κ2) is 4.58. The van der Waals surface area contributed by atoms with Crippen LogP contribution in [-0.4, -0.2) is 6.04 Å². The first-order valence-electron chi connectivity index (χ1n) is 6.28. The summed E-state index contributed by atoms with van der Waals surface area (Å²) in [5.41, 5.74) is 1.60. The van der Waals surface area contributed by atoms with Gasteiger partial charge in [-0.05, 0) is 79.2 Å². The Bertz CT molecular complexity index is 383. The van der Waals surface area contributed by atoms with Crippen molar-refractivity contribution < 1.29 is 0 Å². The summed E-state index contributed by atoms with van der Waals surface area (Å²) < 4.78 is 1.45. The fourth-order valence-corrected chi connectivity index (χ4v) is 4.86. The second-order valence-electron chi connectivity index (χ2n) is 5.17. The summed E-state index contributed by atoms with van der Waals surface area (Å²) in [6, 6.07) is 3.75. The third-order valence-corrected chi connectivity index (χ3v) is 5.85. The predicted molar refractivity (Wildman–Crippen MR) is 78.0 cm³/mol. The SMILES string of the molecule is CC(NC1CCCc2sc(I)cc21)C1CC1. The van der Waals surface area contributed by atoms with Crippen molar-refractivity contribution in [2.45, 2.75) is 51.1 Å². The molecule has 0 amide bonds. The summed E-state index contributed by atoms with van der Waals surface area (Å²) in [4.78, 5) is 1.64. The summed E-state index contributed by atoms with van der Waals surface area (Å²) in [5, 5.41) is 3.85. The Morgan fingerprint density at radius 2 is 2.25 bits per heavy atom. The molecule has 3 rings (SSSR count). The highest BCUT2D eigenvalue weighted by Crippen LogP contribution is 2.39. The largest absolute Gasteiger partial charge is 0.307 e. The molecule has 1 N–H and O–H groups in total. The first-order chi connectivity index (χ1) is 7.74. The standard InChI is InChI=1S/C13H18INS/c1-8(9-5-6-9)15-11-3-2-4-12-10(11)7-13(14)16-12/h7-9,11,15H,2-6H2,1H3. The van der Waals surface area contributed by atoms with Crippen molar-refractivity contribution in [3.63, 3.8) is 0 Å². The molecule has 1 heterocycles. The average Bonchev–Trinajstić information content (AvgIpc) is 3.01. The van der Waals surface area contributed by atoms with E-state index in [9.17, 15) is 0 Å². The smallest absolute Gasteiger partial charge is 0.0659 e. The molecule has 1 aromatic heterocycles. The lowest BCUT2D eigenvalue weighted by atomic mass is 9.93. The third-order valence-electron chi connectivity index (χ3n) is 3.88. The first-order valence-corrected chi connectivity index (χ1v) is 8.17. The molecule has 0 aliphatic heterocycles. The van der Waals surface area contributed by atoms with Gasteiger partial charge in [0.1, 0.15) is 0 Å². The van der Waals surface area contributed by atoms with E-state index in [4.69, 9.17) is 0 Å². The maximum absolute atomic E-state index is 3.85. The van der Waals surface area contributed by atoms with Crippen LogP contribution >= 0.6 is 33.9 Å². The number of fused-ring (bicyclic) bond motifs is 1. The van der Waals surface area contributed by atoms with Crippen molar-refractivity contribution in [3.8, 4) is 0 Å². The summed E-state index contributed by atoms with van der Waals surface area (Å²) >= 11 is 4.45. The molecule has 2 atom stereocenters. The molecule has 88 valence electrons. The molecule has 2 unspecified atom stereocenters. The molecule has 1 saturated carbocycles. The molecule has 0 radical (unpaired) electrons. The normalized spacial score (nSPS) is 26.5. The van der Waals surface area contributed by atoms with E-state index in [1.54, 1.807) is 10.4 Å². The maximum atomic E-state index is 3.85. The van der Waals surface area contributed by atoms with Crippen LogP contribution in [0.1, 0.15) is 49.1 Å². The van der Waals surface area contributed by atoms with Gasteiger partial charge in [0.05, 0.1) is 2.88 Å². The molecule has 2 aliphatic rings. The van der Waals surface area contributed by atoms with Gasteiger partial charge < -0.3 is 5.32 Å². The van der Waals surface area contributed by atoms with Gasteiger partial charge >= 0.3 is 0 Å². The minimum absolute atomic E-state index is 0.638. The lowest BCUT2D eigenvalue weighted by molar-refractivity contribution is 0.387. The van der Waals surface area contributed by atoms with E-state index >= 15 is 0 Å². The van der Waals surface area contributed by atoms with Crippen LogP contribution in [0.2, 0.25) is 0 Å². The Balaban J connectivity index is 1.75. The van der Waals surface area contributed by atoms with Gasteiger partial charge in [-0.1, -0.05) is 0 Å². The van der Waals surface area contributed by atoms with Gasteiger partial charge in [-0.3, -0.25) is 0 Å². The topological polar surface area (TPSA) is 12.0 Å². The Labute approximate surface area is 115 Å². The van der Waals surface area contributed by atoms with Gasteiger partial charge in [0.25, 0.3) is 0 Å². The molecule has 0 aromatic carbocycles. The van der Waals surface area contributed by atoms with Crippen LogP contribution in [0.3, 0.4) is 0 Å². The highest BCUT2D eigenvalue weighted by Gasteiger charge is 2.31. The molecular formula is C13H18INS. The number of halogens is 1. The van der Waals surface area contributed by atoms with Crippen molar-refractivity contribution in [2.75, 3.05) is 0 Å². The molecule has 0 saturated heterocycles. The van der Waals surface area contributed by atoms with Gasteiger partial charge in [-0.25, -0.2) is 0 Å². The van der Waals surface area contributed by atoms with Crippen LogP contribution in [0.5, 0.6) is 0 Å². The van der Waals surface area contributed by atoms with Crippen LogP contribution in [-0.2, 0) is 6.42 Å². The van der Waals surface area contributed by atoms with Crippen LogP contribution in [0, 0.1) is 8.80 Å². The number of thiophene rings is 1. The third kappa shape index (κ3) is 2.31. The highest BCUT2D eigenvalue weighted by atomic mass is 127. The molecule has 0 spiro atoms. The van der Waals surface area contributed by atoms with E-state index in [0.29, 0.717) is 12.1 Å². The van der Waals surface area contributed by atoms with Crippen LogP contribution in [0.15, 0.2) is 6.07 Å². The van der Waals surface area contributed by atoms with Crippen molar-refractivity contribution >= 4 is 33.9 Å². The van der Waals surface area contributed by atoms with Crippen LogP contribution in [0.25, 0.3) is 0 Å². The monoisotopic (exact) mass is 347 g/mol. The molecule has 3 heteroatoms. The molecule has 1 fully saturated rings. The number of hydrogen-bond donors (Lipinski definition) is 1. The van der Waals surface area contributed by atoms with Gasteiger partial charge in [0.15, 0.2) is 0 Å². The van der Waals surface area contributed by atoms with E-state index in [2.05, 4.69) is 40.9 Å². The molecular weight excluding hydrogens is 329 g/mol. The zero-order chi connectivity index (χ0) is 11.1. The summed E-state index contributed by atoms with van der Waals surface area (Å²) in [6.07, 6.45) is 6.87. The molecule has 1 nitrogen and oxygen atoms in total. The minimum Gasteiger partial charge on any atom is -0.307 e. The fraction of sp³-hybridized carbons (Fsp3) is 0.692. The van der Waals surface area contributed by atoms with Gasteiger partial charge in [0, 0.05) is 17.0 Å². The highest BCUT2D eigenvalue weighted by molar-refractivity contribution is 14.1. The van der Waals surface area contributed by atoms with Crippen molar-refractivity contribution in [1.82, 2.24) is 5.32 Å². The second-order valence-corrected chi connectivity index (χ2v) is 8.20. The Kier molecular flexibility index (Phi) is 3.28. The van der Waals surface area contributed by atoms with Crippen LogP contribution in [0.4, 0.5) is 0 Å². The van der Waals surface area contributed by atoms with Gasteiger partial charge in [0.2, 0.25) is 0 Å². The predicted octanol–water partition coefficient (Wildman–Crippen LogP) is 4.12. The number of rotatable bonds is 3. The summed E-state index contributed by atoms with van der Waals surface area (Å²) in [5.74, 6) is 0.961. The number of hydrogen-bond acceptors (Lipinski definition) is 2. The van der Waals surface area contributed by atoms with Crippen molar-refractivity contribution in [1.29, 1.82) is 0 Å². The summed E-state index contributed by atoms with van der Waals surface area (Å²) in [7, 11) is 0. The van der Waals surface area contributed by atoms with Crippen molar-refractivity contribution in [3.05, 3.63) is 19.4 Å². The Hall–Kier alpha value is 0.390. The maximum Gasteiger partial charge on any atom is 0.0659 e. The van der Waals surface area contributed by atoms with Gasteiger partial charge in [-0.2, -0.15) is 0 Å². The lowest BCUT2D eigenvalue weighted by Gasteiger charge is -2.27. The summed E-state index contributed by atoms with van der Waals surface area (Å²) in [6.45, 7) is 2.36. The number of aryl methyl sites for hydroxylation is 1. The molecule has 0 bridgehead atoms. The van der Waals surface area contributed by atoms with E-state index < -0.39 is 0 Å². The fourth-order valence-electron chi connectivity index (χ4n) is 2.74. The zero-order valence-corrected chi connectivity index (χ0v) is 12.6. The van der Waals surface area contributed by atoms with Crippen LogP contribution < -0.4 is 5.32 Å². The van der Waals surface area contributed by atoms with E-state index in [0.717, 1.165) is 5.92 Å². The minimum atomic E-state index is 0.638. The van der Waals surface area contributed by atoms with Crippen molar-refractivity contribution in [2.24, 2.45) is 5.92 Å². The van der Waals surface area contributed by atoms with E-state index in [1.165, 1.54) is 35.0 Å². The van der Waals surface area contributed by atoms with Gasteiger partial charge in [-0.15, -0.1) is 11.3 Å². The Morgan fingerprint density at radius 1 is 1.44 bits per heavy atom. The quantitative estimate of drug-likeness (QED) is 0.811. The number of nitrogens with one attached hydrogen (secondary N) is 1. The van der Waals surface area contributed by atoms with E-state index in [1.807, 2.05) is 11.3 Å².